The molecule has 3 N–H and O–H groups in total. The van der Waals surface area contributed by atoms with Gasteiger partial charge >= 0.3 is 0 Å². The largest absolute Gasteiger partial charge is 0.481 e. The van der Waals surface area contributed by atoms with Gasteiger partial charge in [0.25, 0.3) is 11.8 Å². The Morgan fingerprint density at radius 1 is 1.00 bits per heavy atom. The molecule has 0 aromatic heterocycles. The minimum atomic E-state index is -0.892. The predicted molar refractivity (Wildman–Crippen MR) is 111 cm³/mol. The third kappa shape index (κ3) is 5.35. The van der Waals surface area contributed by atoms with Crippen molar-refractivity contribution in [2.24, 2.45) is 23.2 Å². The van der Waals surface area contributed by atoms with Gasteiger partial charge in [-0.1, -0.05) is 0 Å². The van der Waals surface area contributed by atoms with Crippen molar-refractivity contribution in [3.05, 3.63) is 30.1 Å². The van der Waals surface area contributed by atoms with E-state index < -0.39 is 23.7 Å². The van der Waals surface area contributed by atoms with Gasteiger partial charge in [-0.25, -0.2) is 4.39 Å². The van der Waals surface area contributed by atoms with Crippen molar-refractivity contribution in [2.75, 3.05) is 6.54 Å². The number of benzene rings is 1. The Kier molecular flexibility index (Phi) is 6.16. The molecule has 1 aromatic rings. The second-order valence-corrected chi connectivity index (χ2v) is 9.62. The van der Waals surface area contributed by atoms with Crippen LogP contribution in [-0.2, 0) is 14.4 Å². The van der Waals surface area contributed by atoms with Crippen LogP contribution in [0.5, 0.6) is 5.75 Å². The fraction of sp³-hybridized carbons (Fsp3) is 0.609. The van der Waals surface area contributed by atoms with Crippen molar-refractivity contribution in [3.63, 3.8) is 0 Å². The first-order valence-corrected chi connectivity index (χ1v) is 11.1. The summed E-state index contributed by atoms with van der Waals surface area (Å²) >= 11 is 0. The molecule has 3 amide bonds. The van der Waals surface area contributed by atoms with Gasteiger partial charge in [0.15, 0.2) is 6.10 Å². The van der Waals surface area contributed by atoms with Crippen LogP contribution in [0.1, 0.15) is 51.9 Å². The number of hydrazine groups is 1. The molecule has 4 aliphatic carbocycles. The topological polar surface area (TPSA) is 96.5 Å². The molecule has 31 heavy (non-hydrogen) atoms. The molecule has 0 aliphatic heterocycles. The van der Waals surface area contributed by atoms with Crippen LogP contribution < -0.4 is 20.9 Å². The van der Waals surface area contributed by atoms with E-state index in [0.29, 0.717) is 12.2 Å². The summed E-state index contributed by atoms with van der Waals surface area (Å²) in [6, 6.07) is 5.29. The molecule has 0 saturated heterocycles. The van der Waals surface area contributed by atoms with Crippen LogP contribution in [0, 0.1) is 29.0 Å². The highest BCUT2D eigenvalue weighted by Crippen LogP contribution is 2.61. The van der Waals surface area contributed by atoms with Crippen molar-refractivity contribution in [3.8, 4) is 5.75 Å². The van der Waals surface area contributed by atoms with Gasteiger partial charge in [0.2, 0.25) is 5.91 Å². The van der Waals surface area contributed by atoms with Crippen molar-refractivity contribution in [1.82, 2.24) is 16.2 Å². The van der Waals surface area contributed by atoms with Crippen molar-refractivity contribution in [1.29, 1.82) is 0 Å². The Balaban J connectivity index is 1.16. The predicted octanol–water partition coefficient (Wildman–Crippen LogP) is 2.46. The lowest BCUT2D eigenvalue weighted by Gasteiger charge is -2.56. The maximum absolute atomic E-state index is 12.9. The van der Waals surface area contributed by atoms with E-state index in [0.717, 1.165) is 37.0 Å². The first-order valence-electron chi connectivity index (χ1n) is 11.1. The highest BCUT2D eigenvalue weighted by Gasteiger charge is 2.51. The van der Waals surface area contributed by atoms with Gasteiger partial charge in [-0.3, -0.25) is 25.2 Å². The number of hydrogen-bond donors (Lipinski definition) is 3. The standard InChI is InChI=1S/C23H30FN3O4/c1-14(31-19-4-2-18(24)3-5-19)22(30)27-26-21(29)13-25-20(28)12-23-9-15-6-16(10-23)8-17(7-15)11-23/h2-5,14-17H,6-13H2,1H3,(H,25,28)(H,26,29)(H,27,30). The van der Waals surface area contributed by atoms with E-state index in [9.17, 15) is 18.8 Å². The Morgan fingerprint density at radius 2 is 1.58 bits per heavy atom. The summed E-state index contributed by atoms with van der Waals surface area (Å²) in [6.45, 7) is 1.32. The molecule has 1 unspecified atom stereocenters. The van der Waals surface area contributed by atoms with E-state index in [1.54, 1.807) is 0 Å². The number of amides is 3. The summed E-state index contributed by atoms with van der Waals surface area (Å²) in [5.41, 5.74) is 4.68. The van der Waals surface area contributed by atoms with E-state index in [1.165, 1.54) is 50.5 Å². The minimum Gasteiger partial charge on any atom is -0.481 e. The number of nitrogens with one attached hydrogen (secondary N) is 3. The maximum Gasteiger partial charge on any atom is 0.279 e. The number of rotatable bonds is 7. The molecule has 8 heteroatoms. The highest BCUT2D eigenvalue weighted by atomic mass is 19.1. The molecular weight excluding hydrogens is 401 g/mol. The molecular formula is C23H30FN3O4. The summed E-state index contributed by atoms with van der Waals surface area (Å²) in [5, 5.41) is 2.69. The molecule has 168 valence electrons. The van der Waals surface area contributed by atoms with Gasteiger partial charge < -0.3 is 10.1 Å². The smallest absolute Gasteiger partial charge is 0.279 e. The van der Waals surface area contributed by atoms with Crippen LogP contribution in [0.25, 0.3) is 0 Å². The second-order valence-electron chi connectivity index (χ2n) is 9.62. The average molecular weight is 432 g/mol. The fourth-order valence-corrected chi connectivity index (χ4v) is 6.14. The number of carbonyl (C=O) groups excluding carboxylic acids is 3. The Labute approximate surface area is 181 Å². The molecule has 5 rings (SSSR count). The summed E-state index contributed by atoms with van der Waals surface area (Å²) in [7, 11) is 0. The highest BCUT2D eigenvalue weighted by molar-refractivity contribution is 5.87. The molecule has 1 atom stereocenters. The van der Waals surface area contributed by atoms with Crippen LogP contribution in [0.3, 0.4) is 0 Å². The summed E-state index contributed by atoms with van der Waals surface area (Å²) in [5.74, 6) is 1.09. The Bertz CT molecular complexity index is 806. The molecule has 4 aliphatic rings. The lowest BCUT2D eigenvalue weighted by atomic mass is 9.49. The molecule has 0 heterocycles. The summed E-state index contributed by atoms with van der Waals surface area (Å²) in [4.78, 5) is 36.6. The zero-order chi connectivity index (χ0) is 22.0. The molecule has 1 aromatic carbocycles. The van der Waals surface area contributed by atoms with Gasteiger partial charge in [0.05, 0.1) is 6.54 Å². The third-order valence-electron chi connectivity index (χ3n) is 6.97. The first-order chi connectivity index (χ1) is 14.8. The Hall–Kier alpha value is -2.64. The minimum absolute atomic E-state index is 0.101. The van der Waals surface area contributed by atoms with Crippen molar-refractivity contribution in [2.45, 2.75) is 58.0 Å². The summed E-state index contributed by atoms with van der Waals surface area (Å²) < 4.78 is 18.3. The Morgan fingerprint density at radius 3 is 2.16 bits per heavy atom. The van der Waals surface area contributed by atoms with Gasteiger partial charge in [0.1, 0.15) is 11.6 Å². The molecule has 0 radical (unpaired) electrons. The van der Waals surface area contributed by atoms with E-state index >= 15 is 0 Å². The van der Waals surface area contributed by atoms with Gasteiger partial charge in [-0.2, -0.15) is 0 Å². The van der Waals surface area contributed by atoms with Gasteiger partial charge in [-0.05, 0) is 92.9 Å². The normalized spacial score (nSPS) is 29.2. The number of halogens is 1. The molecule has 4 fully saturated rings. The van der Waals surface area contributed by atoms with E-state index in [1.807, 2.05) is 0 Å². The molecule has 4 bridgehead atoms. The van der Waals surface area contributed by atoms with Gasteiger partial charge in [-0.15, -0.1) is 0 Å². The van der Waals surface area contributed by atoms with Crippen LogP contribution in [-0.4, -0.2) is 30.4 Å². The van der Waals surface area contributed by atoms with Crippen molar-refractivity contribution < 1.29 is 23.5 Å². The zero-order valence-electron chi connectivity index (χ0n) is 17.8. The number of hydrogen-bond acceptors (Lipinski definition) is 4. The SMILES string of the molecule is CC(Oc1ccc(F)cc1)C(=O)NNC(=O)CNC(=O)CC12CC3CC(CC(C3)C1)C2. The van der Waals surface area contributed by atoms with E-state index in [2.05, 4.69) is 16.2 Å². The first kappa shape index (κ1) is 21.6. The quantitative estimate of drug-likeness (QED) is 0.578. The van der Waals surface area contributed by atoms with Crippen LogP contribution in [0.4, 0.5) is 4.39 Å². The zero-order valence-corrected chi connectivity index (χ0v) is 17.8. The monoisotopic (exact) mass is 431 g/mol. The van der Waals surface area contributed by atoms with Crippen LogP contribution >= 0.6 is 0 Å². The number of ether oxygens (including phenoxy) is 1. The maximum atomic E-state index is 12.9. The molecule has 0 spiro atoms. The third-order valence-corrected chi connectivity index (χ3v) is 6.97. The van der Waals surface area contributed by atoms with E-state index in [4.69, 9.17) is 4.74 Å². The van der Waals surface area contributed by atoms with Crippen LogP contribution in [0.15, 0.2) is 24.3 Å². The molecule has 4 saturated carbocycles. The number of carbonyl (C=O) groups is 3. The van der Waals surface area contributed by atoms with Crippen molar-refractivity contribution >= 4 is 17.7 Å². The average Bonchev–Trinajstić information content (AvgIpc) is 2.70. The second kappa shape index (κ2) is 8.85. The fourth-order valence-electron chi connectivity index (χ4n) is 6.14. The van der Waals surface area contributed by atoms with E-state index in [-0.39, 0.29) is 17.9 Å². The molecule has 7 nitrogen and oxygen atoms in total. The van der Waals surface area contributed by atoms with Gasteiger partial charge in [0, 0.05) is 6.42 Å². The lowest BCUT2D eigenvalue weighted by Crippen LogP contribution is -2.51. The summed E-state index contributed by atoms with van der Waals surface area (Å²) in [6.07, 6.45) is 6.99. The lowest BCUT2D eigenvalue weighted by molar-refractivity contribution is -0.134. The van der Waals surface area contributed by atoms with Crippen LogP contribution in [0.2, 0.25) is 0 Å².